The zero-order valence-electron chi connectivity index (χ0n) is 8.94. The molecule has 3 rings (SSSR count). The Morgan fingerprint density at radius 1 is 1.06 bits per heavy atom. The van der Waals surface area contributed by atoms with E-state index in [1.54, 1.807) is 0 Å². The predicted molar refractivity (Wildman–Crippen MR) is 73.6 cm³/mol. The van der Waals surface area contributed by atoms with Gasteiger partial charge in [-0.15, -0.1) is 0 Å². The molecule has 2 aromatic carbocycles. The van der Waals surface area contributed by atoms with Gasteiger partial charge in [-0.2, -0.15) is 5.10 Å². The van der Waals surface area contributed by atoms with Crippen LogP contribution in [0.1, 0.15) is 0 Å². The Morgan fingerprint density at radius 2 is 1.88 bits per heavy atom. The maximum absolute atomic E-state index is 5.90. The molecular formula is C13H10BrN3. The largest absolute Gasteiger partial charge is 0.397 e. The number of nitrogens with zero attached hydrogens (tertiary/aromatic N) is 1. The van der Waals surface area contributed by atoms with Gasteiger partial charge in [0.15, 0.2) is 0 Å². The second kappa shape index (κ2) is 3.89. The highest BCUT2D eigenvalue weighted by Crippen LogP contribution is 2.33. The van der Waals surface area contributed by atoms with Crippen molar-refractivity contribution in [2.45, 2.75) is 0 Å². The molecular weight excluding hydrogens is 278 g/mol. The molecule has 0 unspecified atom stereocenters. The smallest absolute Gasteiger partial charge is 0.101 e. The lowest BCUT2D eigenvalue weighted by molar-refractivity contribution is 1.12. The van der Waals surface area contributed by atoms with E-state index in [1.165, 1.54) is 0 Å². The van der Waals surface area contributed by atoms with Gasteiger partial charge in [0.1, 0.15) is 5.69 Å². The fourth-order valence-electron chi connectivity index (χ4n) is 1.92. The molecule has 1 aromatic heterocycles. The first-order valence-electron chi connectivity index (χ1n) is 5.25. The molecule has 0 amide bonds. The Morgan fingerprint density at radius 3 is 2.71 bits per heavy atom. The summed E-state index contributed by atoms with van der Waals surface area (Å²) in [5.74, 6) is 0. The van der Waals surface area contributed by atoms with Crippen LogP contribution in [0.5, 0.6) is 0 Å². The quantitative estimate of drug-likeness (QED) is 0.672. The van der Waals surface area contributed by atoms with Gasteiger partial charge >= 0.3 is 0 Å². The third-order valence-electron chi connectivity index (χ3n) is 2.76. The van der Waals surface area contributed by atoms with E-state index in [4.69, 9.17) is 5.73 Å². The van der Waals surface area contributed by atoms with Crippen molar-refractivity contribution in [2.75, 3.05) is 5.73 Å². The van der Waals surface area contributed by atoms with Crippen LogP contribution >= 0.6 is 15.9 Å². The number of hydrogen-bond acceptors (Lipinski definition) is 2. The first kappa shape index (κ1) is 10.4. The number of nitrogen functional groups attached to an aromatic ring is 1. The van der Waals surface area contributed by atoms with E-state index in [0.29, 0.717) is 5.69 Å². The summed E-state index contributed by atoms with van der Waals surface area (Å²) in [6.07, 6.45) is 0. The highest BCUT2D eigenvalue weighted by molar-refractivity contribution is 9.10. The Hall–Kier alpha value is -1.81. The third-order valence-corrected chi connectivity index (χ3v) is 3.45. The summed E-state index contributed by atoms with van der Waals surface area (Å²) < 4.78 is 1.02. The van der Waals surface area contributed by atoms with E-state index < -0.39 is 0 Å². The first-order valence-corrected chi connectivity index (χ1v) is 6.04. The summed E-state index contributed by atoms with van der Waals surface area (Å²) in [4.78, 5) is 0. The highest BCUT2D eigenvalue weighted by Gasteiger charge is 2.11. The van der Waals surface area contributed by atoms with Crippen LogP contribution in [-0.4, -0.2) is 10.2 Å². The lowest BCUT2D eigenvalue weighted by Gasteiger charge is -2.01. The van der Waals surface area contributed by atoms with E-state index in [0.717, 1.165) is 26.6 Å². The van der Waals surface area contributed by atoms with Gasteiger partial charge in [0.25, 0.3) is 0 Å². The number of aromatic amines is 1. The molecule has 3 N–H and O–H groups in total. The number of rotatable bonds is 1. The molecule has 3 nitrogen and oxygen atoms in total. The van der Waals surface area contributed by atoms with Crippen LogP contribution in [-0.2, 0) is 0 Å². The van der Waals surface area contributed by atoms with E-state index >= 15 is 0 Å². The standard InChI is InChI=1S/C13H10BrN3/c14-10-6-2-1-4-8(10)12-9-5-3-7-11(15)13(9)17-16-12/h1-7H,15H2,(H,16,17). The molecule has 0 bridgehead atoms. The van der Waals surface area contributed by atoms with Crippen LogP contribution < -0.4 is 5.73 Å². The van der Waals surface area contributed by atoms with E-state index in [2.05, 4.69) is 26.1 Å². The normalized spacial score (nSPS) is 10.9. The first-order chi connectivity index (χ1) is 8.27. The topological polar surface area (TPSA) is 54.7 Å². The Labute approximate surface area is 107 Å². The SMILES string of the molecule is Nc1cccc2c(-c3ccccc3Br)n[nH]c12. The Kier molecular flexibility index (Phi) is 2.37. The van der Waals surface area contributed by atoms with Crippen molar-refractivity contribution < 1.29 is 0 Å². The average molecular weight is 288 g/mol. The number of halogens is 1. The lowest BCUT2D eigenvalue weighted by atomic mass is 10.1. The zero-order valence-corrected chi connectivity index (χ0v) is 10.5. The number of nitrogens with one attached hydrogen (secondary N) is 1. The maximum Gasteiger partial charge on any atom is 0.101 e. The molecule has 0 saturated carbocycles. The number of nitrogens with two attached hydrogens (primary N) is 1. The predicted octanol–water partition coefficient (Wildman–Crippen LogP) is 3.57. The number of para-hydroxylation sites is 1. The summed E-state index contributed by atoms with van der Waals surface area (Å²) >= 11 is 3.54. The minimum atomic E-state index is 0.716. The van der Waals surface area contributed by atoms with Crippen LogP contribution in [0, 0.1) is 0 Å². The molecule has 0 saturated heterocycles. The number of benzene rings is 2. The molecule has 0 spiro atoms. The Bertz CT molecular complexity index is 688. The number of fused-ring (bicyclic) bond motifs is 1. The average Bonchev–Trinajstić information content (AvgIpc) is 2.75. The van der Waals surface area contributed by atoms with Crippen molar-refractivity contribution in [3.8, 4) is 11.3 Å². The molecule has 0 atom stereocenters. The second-order valence-corrected chi connectivity index (χ2v) is 4.68. The van der Waals surface area contributed by atoms with Crippen molar-refractivity contribution in [3.05, 3.63) is 46.9 Å². The van der Waals surface area contributed by atoms with Crippen LogP contribution in [0.4, 0.5) is 5.69 Å². The molecule has 0 aliphatic rings. The van der Waals surface area contributed by atoms with Crippen molar-refractivity contribution in [2.24, 2.45) is 0 Å². The van der Waals surface area contributed by atoms with Gasteiger partial charge < -0.3 is 5.73 Å². The van der Waals surface area contributed by atoms with E-state index in [1.807, 2.05) is 42.5 Å². The van der Waals surface area contributed by atoms with Crippen molar-refractivity contribution in [3.63, 3.8) is 0 Å². The van der Waals surface area contributed by atoms with Crippen LogP contribution in [0.2, 0.25) is 0 Å². The van der Waals surface area contributed by atoms with Gasteiger partial charge in [-0.05, 0) is 12.1 Å². The van der Waals surface area contributed by atoms with Gasteiger partial charge in [-0.25, -0.2) is 0 Å². The van der Waals surface area contributed by atoms with Gasteiger partial charge in [0.2, 0.25) is 0 Å². The molecule has 0 aliphatic carbocycles. The van der Waals surface area contributed by atoms with E-state index in [-0.39, 0.29) is 0 Å². The molecule has 4 heteroatoms. The number of anilines is 1. The number of hydrogen-bond donors (Lipinski definition) is 2. The summed E-state index contributed by atoms with van der Waals surface area (Å²) in [6.45, 7) is 0. The molecule has 1 heterocycles. The van der Waals surface area contributed by atoms with Gasteiger partial charge in [0, 0.05) is 15.4 Å². The Balaban J connectivity index is 2.33. The lowest BCUT2D eigenvalue weighted by Crippen LogP contribution is -1.85. The van der Waals surface area contributed by atoms with Crippen molar-refractivity contribution in [1.82, 2.24) is 10.2 Å². The van der Waals surface area contributed by atoms with Crippen molar-refractivity contribution in [1.29, 1.82) is 0 Å². The minimum Gasteiger partial charge on any atom is -0.397 e. The number of aromatic nitrogens is 2. The van der Waals surface area contributed by atoms with E-state index in [9.17, 15) is 0 Å². The molecule has 17 heavy (non-hydrogen) atoms. The molecule has 0 fully saturated rings. The fourth-order valence-corrected chi connectivity index (χ4v) is 2.40. The van der Waals surface area contributed by atoms with Crippen LogP contribution in [0.25, 0.3) is 22.2 Å². The maximum atomic E-state index is 5.90. The van der Waals surface area contributed by atoms with Gasteiger partial charge in [-0.3, -0.25) is 5.10 Å². The second-order valence-electron chi connectivity index (χ2n) is 3.82. The van der Waals surface area contributed by atoms with Crippen molar-refractivity contribution >= 4 is 32.5 Å². The number of H-pyrrole nitrogens is 1. The highest BCUT2D eigenvalue weighted by atomic mass is 79.9. The monoisotopic (exact) mass is 287 g/mol. The fraction of sp³-hybridized carbons (Fsp3) is 0. The summed E-state index contributed by atoms with van der Waals surface area (Å²) in [6, 6.07) is 13.8. The van der Waals surface area contributed by atoms with Gasteiger partial charge in [-0.1, -0.05) is 46.3 Å². The van der Waals surface area contributed by atoms with Gasteiger partial charge in [0.05, 0.1) is 11.2 Å². The summed E-state index contributed by atoms with van der Waals surface area (Å²) in [5.41, 5.74) is 9.48. The third kappa shape index (κ3) is 1.61. The summed E-state index contributed by atoms with van der Waals surface area (Å²) in [7, 11) is 0. The zero-order chi connectivity index (χ0) is 11.8. The minimum absolute atomic E-state index is 0.716. The summed E-state index contributed by atoms with van der Waals surface area (Å²) in [5, 5.41) is 8.38. The van der Waals surface area contributed by atoms with Crippen LogP contribution in [0.15, 0.2) is 46.9 Å². The molecule has 84 valence electrons. The molecule has 0 radical (unpaired) electrons. The van der Waals surface area contributed by atoms with Crippen LogP contribution in [0.3, 0.4) is 0 Å². The molecule has 3 aromatic rings. The molecule has 0 aliphatic heterocycles.